The summed E-state index contributed by atoms with van der Waals surface area (Å²) >= 11 is 8.47. The molecule has 2 N–H and O–H groups in total. The highest BCUT2D eigenvalue weighted by Crippen LogP contribution is 2.48. The van der Waals surface area contributed by atoms with Gasteiger partial charge in [-0.15, -0.1) is 11.6 Å². The van der Waals surface area contributed by atoms with E-state index in [-0.39, 0.29) is 40.1 Å². The zero-order chi connectivity index (χ0) is 27.3. The van der Waals surface area contributed by atoms with E-state index >= 15 is 0 Å². The molecule has 3 saturated heterocycles. The first-order valence-electron chi connectivity index (χ1n) is 14.5. The molecule has 0 radical (unpaired) electrons. The fraction of sp³-hybridized carbons (Fsp3) is 0.759. The summed E-state index contributed by atoms with van der Waals surface area (Å²) in [4.78, 5) is 32.2. The number of carboxylic acids is 1. The molecule has 10 heteroatoms. The van der Waals surface area contributed by atoms with E-state index in [0.29, 0.717) is 49.5 Å². The van der Waals surface area contributed by atoms with Gasteiger partial charge < -0.3 is 10.4 Å². The SMILES string of the molecule is Cc1nc2c(c(=O)n1CC#CC1CCC(Cl)CC1C1CCNC3C(C(=O)O)CSC13)CC(N1CC(F)C1)CC2. The third kappa shape index (κ3) is 5.39. The van der Waals surface area contributed by atoms with Crippen molar-refractivity contribution in [2.45, 2.75) is 87.3 Å². The fourth-order valence-corrected chi connectivity index (χ4v) is 9.87. The third-order valence-corrected chi connectivity index (χ3v) is 11.8. The number of aromatic nitrogens is 2. The number of carboxylic acid groups (broad SMARTS) is 1. The Bertz CT molecular complexity index is 1230. The Morgan fingerprint density at radius 2 is 2.08 bits per heavy atom. The number of rotatable bonds is 4. The lowest BCUT2D eigenvalue weighted by molar-refractivity contribution is -0.141. The van der Waals surface area contributed by atoms with Gasteiger partial charge in [0.1, 0.15) is 12.0 Å². The zero-order valence-corrected chi connectivity index (χ0v) is 24.0. The van der Waals surface area contributed by atoms with Crippen LogP contribution in [0.25, 0.3) is 0 Å². The number of aryl methyl sites for hydroxylation is 2. The molecule has 6 rings (SSSR count). The molecule has 2 aliphatic carbocycles. The molecule has 0 aromatic carbocycles. The van der Waals surface area contributed by atoms with Crippen LogP contribution in [0.15, 0.2) is 4.79 Å². The highest BCUT2D eigenvalue weighted by Gasteiger charge is 2.50. The Labute approximate surface area is 238 Å². The number of hydrogen-bond acceptors (Lipinski definition) is 6. The molecule has 0 amide bonds. The number of nitrogens with one attached hydrogen (secondary N) is 1. The molecular formula is C29H38ClFN4O3S. The van der Waals surface area contributed by atoms with E-state index in [4.69, 9.17) is 16.6 Å². The molecule has 7 nitrogen and oxygen atoms in total. The first kappa shape index (κ1) is 27.6. The molecule has 212 valence electrons. The lowest BCUT2D eigenvalue weighted by Gasteiger charge is -2.44. The van der Waals surface area contributed by atoms with Crippen molar-refractivity contribution in [1.82, 2.24) is 19.8 Å². The number of likely N-dealkylation sites (tertiary alicyclic amines) is 1. The summed E-state index contributed by atoms with van der Waals surface area (Å²) in [5, 5.41) is 13.6. The van der Waals surface area contributed by atoms with Crippen molar-refractivity contribution in [2.24, 2.45) is 23.7 Å². The minimum absolute atomic E-state index is 0.00176. The van der Waals surface area contributed by atoms with E-state index in [0.717, 1.165) is 56.3 Å². The highest BCUT2D eigenvalue weighted by molar-refractivity contribution is 8.00. The number of halogens is 2. The van der Waals surface area contributed by atoms with Crippen LogP contribution in [0.5, 0.6) is 0 Å². The molecule has 0 bridgehead atoms. The summed E-state index contributed by atoms with van der Waals surface area (Å²) in [7, 11) is 0. The van der Waals surface area contributed by atoms with E-state index in [1.807, 2.05) is 6.92 Å². The Hall–Kier alpha value is -1.60. The van der Waals surface area contributed by atoms with Gasteiger partial charge in [0, 0.05) is 53.0 Å². The largest absolute Gasteiger partial charge is 0.481 e. The van der Waals surface area contributed by atoms with Gasteiger partial charge in [-0.3, -0.25) is 19.1 Å². The van der Waals surface area contributed by atoms with E-state index in [9.17, 15) is 19.1 Å². The summed E-state index contributed by atoms with van der Waals surface area (Å²) in [6, 6.07) is 0.227. The number of aliphatic carboxylic acids is 1. The molecule has 8 unspecified atom stereocenters. The van der Waals surface area contributed by atoms with Gasteiger partial charge in [0.05, 0.1) is 18.2 Å². The van der Waals surface area contributed by atoms with Gasteiger partial charge in [-0.1, -0.05) is 11.8 Å². The fourth-order valence-electron chi connectivity index (χ4n) is 7.68. The number of thioether (sulfide) groups is 1. The Kier molecular flexibility index (Phi) is 8.02. The molecule has 0 spiro atoms. The Balaban J connectivity index is 1.19. The molecule has 4 fully saturated rings. The second-order valence-corrected chi connectivity index (χ2v) is 13.9. The standard InChI is InChI=1S/C29H38ClFN4O3S/c1-16-33-25-7-6-20(34-13-19(31)14-34)12-23(25)28(36)35(16)10-2-3-17-4-5-18(30)11-22(17)21-8-9-32-26-24(29(37)38)15-39-27(21)26/h17-22,24,26-27,32H,4-15H2,1H3,(H,37,38). The Morgan fingerprint density at radius 1 is 1.26 bits per heavy atom. The maximum Gasteiger partial charge on any atom is 0.308 e. The molecule has 3 aliphatic heterocycles. The highest BCUT2D eigenvalue weighted by atomic mass is 35.5. The van der Waals surface area contributed by atoms with Crippen LogP contribution in [0.1, 0.15) is 49.2 Å². The topological polar surface area (TPSA) is 87.5 Å². The number of hydrogen-bond donors (Lipinski definition) is 2. The van der Waals surface area contributed by atoms with Crippen LogP contribution < -0.4 is 10.9 Å². The van der Waals surface area contributed by atoms with Crippen molar-refractivity contribution >= 4 is 29.3 Å². The van der Waals surface area contributed by atoms with Gasteiger partial charge in [-0.25, -0.2) is 9.37 Å². The summed E-state index contributed by atoms with van der Waals surface area (Å²) in [6.45, 7) is 3.97. The van der Waals surface area contributed by atoms with Gasteiger partial charge >= 0.3 is 5.97 Å². The minimum Gasteiger partial charge on any atom is -0.481 e. The number of nitrogens with zero attached hydrogens (tertiary/aromatic N) is 3. The van der Waals surface area contributed by atoms with Gasteiger partial charge in [0.2, 0.25) is 0 Å². The van der Waals surface area contributed by atoms with Crippen molar-refractivity contribution in [2.75, 3.05) is 25.4 Å². The van der Waals surface area contributed by atoms with Crippen molar-refractivity contribution in [3.05, 3.63) is 27.4 Å². The molecular weight excluding hydrogens is 539 g/mol. The van der Waals surface area contributed by atoms with Crippen LogP contribution in [0.4, 0.5) is 4.39 Å². The van der Waals surface area contributed by atoms with E-state index < -0.39 is 12.1 Å². The van der Waals surface area contributed by atoms with E-state index in [1.165, 1.54) is 0 Å². The van der Waals surface area contributed by atoms with Crippen LogP contribution in [-0.4, -0.2) is 79.8 Å². The normalized spacial score (nSPS) is 36.8. The monoisotopic (exact) mass is 576 g/mol. The van der Waals surface area contributed by atoms with Gasteiger partial charge in [-0.05, 0) is 70.3 Å². The summed E-state index contributed by atoms with van der Waals surface area (Å²) in [6.07, 6.45) is 5.36. The maximum absolute atomic E-state index is 13.5. The van der Waals surface area contributed by atoms with Crippen molar-refractivity contribution < 1.29 is 14.3 Å². The molecule has 1 saturated carbocycles. The van der Waals surface area contributed by atoms with Crippen LogP contribution in [-0.2, 0) is 24.2 Å². The predicted octanol–water partition coefficient (Wildman–Crippen LogP) is 2.88. The molecule has 5 aliphatic rings. The minimum atomic E-state index is -0.742. The molecule has 8 atom stereocenters. The van der Waals surface area contributed by atoms with E-state index in [2.05, 4.69) is 22.1 Å². The number of piperidine rings is 1. The first-order valence-corrected chi connectivity index (χ1v) is 16.0. The third-order valence-electron chi connectivity index (χ3n) is 9.84. The second-order valence-electron chi connectivity index (χ2n) is 12.1. The van der Waals surface area contributed by atoms with Gasteiger partial charge in [0.25, 0.3) is 5.56 Å². The first-order chi connectivity index (χ1) is 18.8. The van der Waals surface area contributed by atoms with E-state index in [1.54, 1.807) is 16.3 Å². The van der Waals surface area contributed by atoms with Gasteiger partial charge in [-0.2, -0.15) is 11.8 Å². The smallest absolute Gasteiger partial charge is 0.308 e. The lowest BCUT2D eigenvalue weighted by atomic mass is 9.68. The van der Waals surface area contributed by atoms with Crippen LogP contribution >= 0.6 is 23.4 Å². The molecule has 39 heavy (non-hydrogen) atoms. The molecule has 1 aromatic heterocycles. The second kappa shape index (κ2) is 11.3. The van der Waals surface area contributed by atoms with Crippen molar-refractivity contribution in [1.29, 1.82) is 0 Å². The molecule has 4 heterocycles. The summed E-state index contributed by atoms with van der Waals surface area (Å²) in [5.74, 6) is 8.11. The Morgan fingerprint density at radius 3 is 2.85 bits per heavy atom. The van der Waals surface area contributed by atoms with Crippen LogP contribution in [0.2, 0.25) is 0 Å². The van der Waals surface area contributed by atoms with Crippen LogP contribution in [0, 0.1) is 42.4 Å². The van der Waals surface area contributed by atoms with Crippen LogP contribution in [0.3, 0.4) is 0 Å². The lowest BCUT2D eigenvalue weighted by Crippen LogP contribution is -2.55. The zero-order valence-electron chi connectivity index (χ0n) is 22.5. The molecule has 1 aromatic rings. The van der Waals surface area contributed by atoms with Crippen molar-refractivity contribution in [3.63, 3.8) is 0 Å². The number of carbonyl (C=O) groups is 1. The van der Waals surface area contributed by atoms with Crippen molar-refractivity contribution in [3.8, 4) is 11.8 Å². The maximum atomic E-state index is 13.5. The predicted molar refractivity (Wildman–Crippen MR) is 151 cm³/mol. The average Bonchev–Trinajstić information content (AvgIpc) is 3.34. The summed E-state index contributed by atoms with van der Waals surface area (Å²) < 4.78 is 15.1. The average molecular weight is 577 g/mol. The van der Waals surface area contributed by atoms with Gasteiger partial charge in [0.15, 0.2) is 0 Å². The summed E-state index contributed by atoms with van der Waals surface area (Å²) in [5.41, 5.74) is 1.66. The number of fused-ring (bicyclic) bond motifs is 2. The number of alkyl halides is 2. The quantitative estimate of drug-likeness (QED) is 0.421.